The fourth-order valence-electron chi connectivity index (χ4n) is 4.90. The standard InChI is InChI=1S/C26H22F4N6O3S/c1-4-40(32,37)23-20(34-21(36(23)3)14-5-7-15(8-6-14)24(13-31)9-10-24)22-33-16-11-18-19(12-17(16)35(22)2)39-26(29,30)25(27,28)38-18/h5-8,11-12,32H,4,9-10H2,1-3H3. The highest BCUT2D eigenvalue weighted by Gasteiger charge is 2.66. The highest BCUT2D eigenvalue weighted by atomic mass is 32.2. The van der Waals surface area contributed by atoms with E-state index in [9.17, 15) is 27.0 Å². The molecule has 2 aromatic carbocycles. The summed E-state index contributed by atoms with van der Waals surface area (Å²) in [6.45, 7) is 1.61. The molecule has 3 heterocycles. The van der Waals surface area contributed by atoms with Gasteiger partial charge in [0.15, 0.2) is 17.3 Å². The van der Waals surface area contributed by atoms with E-state index < -0.39 is 38.9 Å². The van der Waals surface area contributed by atoms with Crippen molar-refractivity contribution in [3.8, 4) is 40.5 Å². The minimum atomic E-state index is -4.88. The van der Waals surface area contributed by atoms with E-state index in [1.165, 1.54) is 4.57 Å². The van der Waals surface area contributed by atoms with Crippen molar-refractivity contribution >= 4 is 20.8 Å². The molecule has 2 aromatic heterocycles. The summed E-state index contributed by atoms with van der Waals surface area (Å²) in [5, 5.41) is 9.61. The number of benzene rings is 2. The topological polar surface area (TPSA) is 119 Å². The second-order valence-electron chi connectivity index (χ2n) is 9.90. The van der Waals surface area contributed by atoms with Crippen LogP contribution in [0.15, 0.2) is 41.4 Å². The zero-order valence-corrected chi connectivity index (χ0v) is 22.3. The van der Waals surface area contributed by atoms with Gasteiger partial charge in [0.05, 0.1) is 32.2 Å². The second kappa shape index (κ2) is 8.20. The van der Waals surface area contributed by atoms with Crippen molar-refractivity contribution in [2.75, 3.05) is 5.75 Å². The average Bonchev–Trinajstić information content (AvgIpc) is 3.54. The van der Waals surface area contributed by atoms with Crippen molar-refractivity contribution in [3.05, 3.63) is 42.0 Å². The molecule has 2 aliphatic rings. The largest absolute Gasteiger partial charge is 0.507 e. The zero-order chi connectivity index (χ0) is 28.8. The first-order valence-electron chi connectivity index (χ1n) is 12.2. The molecule has 1 N–H and O–H groups in total. The van der Waals surface area contributed by atoms with Gasteiger partial charge >= 0.3 is 12.2 Å². The van der Waals surface area contributed by atoms with Crippen LogP contribution in [0.25, 0.3) is 33.9 Å². The maximum absolute atomic E-state index is 13.8. The normalized spacial score (nSPS) is 19.6. The van der Waals surface area contributed by atoms with Crippen molar-refractivity contribution < 1.29 is 31.2 Å². The Hall–Kier alpha value is -4.12. The van der Waals surface area contributed by atoms with E-state index in [0.29, 0.717) is 11.4 Å². The molecule has 40 heavy (non-hydrogen) atoms. The van der Waals surface area contributed by atoms with Gasteiger partial charge in [0.1, 0.15) is 16.5 Å². The van der Waals surface area contributed by atoms with Gasteiger partial charge < -0.3 is 18.6 Å². The minimum Gasteiger partial charge on any atom is -0.421 e. The van der Waals surface area contributed by atoms with Gasteiger partial charge in [-0.3, -0.25) is 0 Å². The third-order valence-electron chi connectivity index (χ3n) is 7.39. The van der Waals surface area contributed by atoms with Crippen LogP contribution in [0.2, 0.25) is 0 Å². The second-order valence-corrected chi connectivity index (χ2v) is 12.2. The van der Waals surface area contributed by atoms with Crippen molar-refractivity contribution in [2.24, 2.45) is 14.1 Å². The minimum absolute atomic E-state index is 0.0211. The molecular formula is C26H22F4N6O3S. The molecular weight excluding hydrogens is 552 g/mol. The number of nitriles is 1. The van der Waals surface area contributed by atoms with Crippen molar-refractivity contribution in [3.63, 3.8) is 0 Å². The predicted octanol–water partition coefficient (Wildman–Crippen LogP) is 5.58. The van der Waals surface area contributed by atoms with Gasteiger partial charge in [-0.1, -0.05) is 31.2 Å². The van der Waals surface area contributed by atoms with Gasteiger partial charge in [-0.2, -0.15) is 22.8 Å². The van der Waals surface area contributed by atoms with Crippen LogP contribution in [0.1, 0.15) is 25.3 Å². The van der Waals surface area contributed by atoms with Crippen LogP contribution in [-0.4, -0.2) is 41.3 Å². The van der Waals surface area contributed by atoms with Crippen LogP contribution >= 0.6 is 0 Å². The van der Waals surface area contributed by atoms with Crippen LogP contribution < -0.4 is 9.47 Å². The molecule has 1 aliphatic carbocycles. The molecule has 14 heteroatoms. The van der Waals surface area contributed by atoms with E-state index in [-0.39, 0.29) is 33.3 Å². The summed E-state index contributed by atoms with van der Waals surface area (Å²) in [7, 11) is -0.185. The summed E-state index contributed by atoms with van der Waals surface area (Å²) < 4.78 is 88.6. The number of imidazole rings is 2. The highest BCUT2D eigenvalue weighted by molar-refractivity contribution is 7.92. The summed E-state index contributed by atoms with van der Waals surface area (Å²) in [6.07, 6.45) is -8.18. The lowest BCUT2D eigenvalue weighted by atomic mass is 9.96. The van der Waals surface area contributed by atoms with Crippen LogP contribution in [0, 0.1) is 16.1 Å². The smallest absolute Gasteiger partial charge is 0.421 e. The SMILES string of the molecule is CCS(=N)(=O)c1c(-c2nc3cc4c(cc3n2C)OC(F)(F)C(F)(F)O4)nc(-c2ccc(C3(C#N)CC3)cc2)n1C. The number of nitrogens with one attached hydrogen (secondary N) is 1. The molecule has 1 aliphatic heterocycles. The Labute approximate surface area is 225 Å². The fourth-order valence-corrected chi connectivity index (χ4v) is 6.15. The molecule has 1 atom stereocenters. The molecule has 0 bridgehead atoms. The van der Waals surface area contributed by atoms with Gasteiger partial charge in [-0.15, -0.1) is 0 Å². The first-order valence-corrected chi connectivity index (χ1v) is 14.0. The predicted molar refractivity (Wildman–Crippen MR) is 136 cm³/mol. The van der Waals surface area contributed by atoms with Gasteiger partial charge in [0.25, 0.3) is 0 Å². The fraction of sp³-hybridized carbons (Fsp3) is 0.346. The van der Waals surface area contributed by atoms with E-state index in [1.807, 2.05) is 12.1 Å². The van der Waals surface area contributed by atoms with Crippen LogP contribution in [-0.2, 0) is 29.2 Å². The molecule has 9 nitrogen and oxygen atoms in total. The van der Waals surface area contributed by atoms with E-state index in [2.05, 4.69) is 20.5 Å². The van der Waals surface area contributed by atoms with E-state index in [1.54, 1.807) is 37.7 Å². The Morgan fingerprint density at radius 3 is 2.15 bits per heavy atom. The van der Waals surface area contributed by atoms with Crippen LogP contribution in [0.5, 0.6) is 11.5 Å². The average molecular weight is 575 g/mol. The lowest BCUT2D eigenvalue weighted by molar-refractivity contribution is -0.391. The lowest BCUT2D eigenvalue weighted by Gasteiger charge is -2.31. The number of nitrogens with zero attached hydrogens (tertiary/aromatic N) is 5. The Kier molecular flexibility index (Phi) is 5.35. The molecule has 0 amide bonds. The number of ether oxygens (including phenoxy) is 2. The van der Waals surface area contributed by atoms with E-state index >= 15 is 0 Å². The number of hydrogen-bond acceptors (Lipinski definition) is 7. The Morgan fingerprint density at radius 1 is 1.00 bits per heavy atom. The molecule has 1 fully saturated rings. The third-order valence-corrected chi connectivity index (χ3v) is 9.30. The van der Waals surface area contributed by atoms with E-state index in [4.69, 9.17) is 9.76 Å². The zero-order valence-electron chi connectivity index (χ0n) is 21.5. The summed E-state index contributed by atoms with van der Waals surface area (Å²) in [5.74, 6) is -0.696. The van der Waals surface area contributed by atoms with Crippen molar-refractivity contribution in [1.82, 2.24) is 19.1 Å². The van der Waals surface area contributed by atoms with Gasteiger partial charge in [-0.25, -0.2) is 19.0 Å². The Morgan fingerprint density at radius 2 is 1.60 bits per heavy atom. The molecule has 0 spiro atoms. The quantitative estimate of drug-likeness (QED) is 0.311. The molecule has 208 valence electrons. The van der Waals surface area contributed by atoms with Gasteiger partial charge in [-0.05, 0) is 18.4 Å². The molecule has 0 radical (unpaired) electrons. The number of rotatable bonds is 5. The Bertz CT molecular complexity index is 1850. The summed E-state index contributed by atoms with van der Waals surface area (Å²) >= 11 is 0. The van der Waals surface area contributed by atoms with Crippen LogP contribution in [0.3, 0.4) is 0 Å². The molecule has 0 saturated heterocycles. The summed E-state index contributed by atoms with van der Waals surface area (Å²) in [6, 6.07) is 11.8. The van der Waals surface area contributed by atoms with Gasteiger partial charge in [0, 0.05) is 37.5 Å². The first kappa shape index (κ1) is 26.1. The molecule has 1 unspecified atom stereocenters. The Balaban J connectivity index is 1.51. The number of fused-ring (bicyclic) bond motifs is 2. The number of hydrogen-bond donors (Lipinski definition) is 1. The summed E-state index contributed by atoms with van der Waals surface area (Å²) in [4.78, 5) is 9.18. The first-order chi connectivity index (χ1) is 18.7. The van der Waals surface area contributed by atoms with Crippen LogP contribution in [0.4, 0.5) is 17.6 Å². The van der Waals surface area contributed by atoms with Crippen molar-refractivity contribution in [2.45, 2.75) is 42.4 Å². The summed E-state index contributed by atoms with van der Waals surface area (Å²) in [5.41, 5.74) is 1.54. The molecule has 6 rings (SSSR count). The molecule has 1 saturated carbocycles. The number of aryl methyl sites for hydroxylation is 1. The lowest BCUT2D eigenvalue weighted by Crippen LogP contribution is -2.52. The molecule has 4 aromatic rings. The highest BCUT2D eigenvalue weighted by Crippen LogP contribution is 2.49. The maximum Gasteiger partial charge on any atom is 0.507 e. The van der Waals surface area contributed by atoms with E-state index in [0.717, 1.165) is 30.5 Å². The number of aromatic nitrogens is 4. The number of alkyl halides is 4. The maximum atomic E-state index is 13.8. The van der Waals surface area contributed by atoms with Gasteiger partial charge in [0.2, 0.25) is 0 Å². The third kappa shape index (κ3) is 3.67. The monoisotopic (exact) mass is 574 g/mol. The number of halogens is 4. The van der Waals surface area contributed by atoms with Crippen molar-refractivity contribution in [1.29, 1.82) is 10.0 Å².